The molecular weight excluding hydrogens is 184 g/mol. The predicted octanol–water partition coefficient (Wildman–Crippen LogP) is -0.955. The van der Waals surface area contributed by atoms with Gasteiger partial charge >= 0.3 is 0 Å². The van der Waals surface area contributed by atoms with Crippen LogP contribution in [0.3, 0.4) is 0 Å². The number of aromatic amines is 2. The van der Waals surface area contributed by atoms with Crippen LogP contribution in [-0.2, 0) is 0 Å². The van der Waals surface area contributed by atoms with Gasteiger partial charge in [-0.25, -0.2) is 0 Å². The lowest BCUT2D eigenvalue weighted by molar-refractivity contribution is 0.954. The summed E-state index contributed by atoms with van der Waals surface area (Å²) in [6.07, 6.45) is 0. The van der Waals surface area contributed by atoms with Gasteiger partial charge in [-0.15, -0.1) is 22.6 Å². The molecule has 0 amide bonds. The van der Waals surface area contributed by atoms with Gasteiger partial charge in [-0.2, -0.15) is 10.2 Å². The van der Waals surface area contributed by atoms with Crippen LogP contribution < -0.4 is 11.3 Å². The first-order chi connectivity index (χ1) is 5.27. The molecule has 0 unspecified atom stereocenters. The Hall–Kier alpha value is -1.63. The third-order valence-corrected chi connectivity index (χ3v) is 1.21. The van der Waals surface area contributed by atoms with Crippen LogP contribution in [0.2, 0.25) is 0 Å². The third-order valence-electron chi connectivity index (χ3n) is 1.21. The number of aromatic nitrogens is 5. The number of fused-ring (bicyclic) bond motifs is 1. The maximum Gasteiger partial charge on any atom is 0.282 e. The lowest BCUT2D eigenvalue weighted by Crippen LogP contribution is -2.10. The average Bonchev–Trinajstić information content (AvgIpc) is 2.34. The van der Waals surface area contributed by atoms with Crippen LogP contribution in [0.5, 0.6) is 0 Å². The molecule has 0 saturated heterocycles. The lowest BCUT2D eigenvalue weighted by atomic mass is 10.5. The highest BCUT2D eigenvalue weighted by atomic mass is 35.5. The molecular formula is C4H5ClN6O. The second-order valence-corrected chi connectivity index (χ2v) is 1.95. The number of nitrogens with one attached hydrogen (secondary N) is 2. The fraction of sp³-hybridized carbons (Fsp3) is 0. The zero-order valence-electron chi connectivity index (χ0n) is 5.74. The number of nitrogens with zero attached hydrogens (tertiary/aromatic N) is 3. The van der Waals surface area contributed by atoms with Crippen molar-refractivity contribution in [3.63, 3.8) is 0 Å². The van der Waals surface area contributed by atoms with Gasteiger partial charge in [-0.3, -0.25) is 9.78 Å². The number of hydrogen-bond acceptors (Lipinski definition) is 5. The minimum Gasteiger partial charge on any atom is -0.369 e. The van der Waals surface area contributed by atoms with E-state index in [1.807, 2.05) is 0 Å². The Morgan fingerprint density at radius 2 is 2.08 bits per heavy atom. The Labute approximate surface area is 71.8 Å². The predicted molar refractivity (Wildman–Crippen MR) is 44.0 cm³/mol. The summed E-state index contributed by atoms with van der Waals surface area (Å²) >= 11 is 0. The van der Waals surface area contributed by atoms with E-state index in [9.17, 15) is 4.79 Å². The molecule has 2 rings (SSSR count). The number of H-pyrrole nitrogens is 2. The summed E-state index contributed by atoms with van der Waals surface area (Å²) in [6, 6.07) is 0. The van der Waals surface area contributed by atoms with Crippen molar-refractivity contribution < 1.29 is 0 Å². The van der Waals surface area contributed by atoms with Crippen molar-refractivity contribution in [2.75, 3.05) is 5.73 Å². The summed E-state index contributed by atoms with van der Waals surface area (Å²) in [5.41, 5.74) is 5.24. The molecule has 0 aromatic carbocycles. The van der Waals surface area contributed by atoms with Crippen molar-refractivity contribution in [1.29, 1.82) is 0 Å². The van der Waals surface area contributed by atoms with Gasteiger partial charge in [0.15, 0.2) is 5.52 Å². The first-order valence-electron chi connectivity index (χ1n) is 2.83. The molecule has 4 N–H and O–H groups in total. The molecule has 64 valence electrons. The lowest BCUT2D eigenvalue weighted by Gasteiger charge is -1.87. The van der Waals surface area contributed by atoms with E-state index < -0.39 is 0 Å². The van der Waals surface area contributed by atoms with Gasteiger partial charge < -0.3 is 5.73 Å². The van der Waals surface area contributed by atoms with Gasteiger partial charge in [-0.1, -0.05) is 0 Å². The first kappa shape index (κ1) is 8.47. The molecule has 0 fully saturated rings. The van der Waals surface area contributed by atoms with Gasteiger partial charge in [0.1, 0.15) is 0 Å². The van der Waals surface area contributed by atoms with Crippen molar-refractivity contribution in [2.45, 2.75) is 0 Å². The Morgan fingerprint density at radius 3 is 2.83 bits per heavy atom. The van der Waals surface area contributed by atoms with Crippen molar-refractivity contribution in [2.24, 2.45) is 0 Å². The monoisotopic (exact) mass is 188 g/mol. The fourth-order valence-corrected chi connectivity index (χ4v) is 0.773. The van der Waals surface area contributed by atoms with Crippen LogP contribution in [-0.4, -0.2) is 25.4 Å². The molecule has 12 heavy (non-hydrogen) atoms. The number of nitrogen functional groups attached to an aromatic ring is 1. The largest absolute Gasteiger partial charge is 0.369 e. The number of rotatable bonds is 0. The van der Waals surface area contributed by atoms with E-state index in [-0.39, 0.29) is 35.1 Å². The highest BCUT2D eigenvalue weighted by Crippen LogP contribution is 1.96. The van der Waals surface area contributed by atoms with E-state index in [4.69, 9.17) is 5.73 Å². The molecule has 0 radical (unpaired) electrons. The normalized spacial score (nSPS) is 9.67. The minimum absolute atomic E-state index is 0. The minimum atomic E-state index is -0.388. The van der Waals surface area contributed by atoms with E-state index in [1.165, 1.54) is 0 Å². The van der Waals surface area contributed by atoms with Crippen molar-refractivity contribution >= 4 is 29.5 Å². The van der Waals surface area contributed by atoms with Gasteiger partial charge in [0.05, 0.1) is 0 Å². The zero-order valence-corrected chi connectivity index (χ0v) is 6.55. The molecule has 0 aliphatic rings. The molecule has 2 aromatic rings. The van der Waals surface area contributed by atoms with Crippen LogP contribution in [0.25, 0.3) is 11.2 Å². The van der Waals surface area contributed by atoms with Gasteiger partial charge in [0.25, 0.3) is 5.56 Å². The molecule has 0 bridgehead atoms. The maximum absolute atomic E-state index is 11.0. The molecule has 0 spiro atoms. The van der Waals surface area contributed by atoms with Gasteiger partial charge in [0.2, 0.25) is 11.6 Å². The van der Waals surface area contributed by atoms with Crippen LogP contribution in [0.4, 0.5) is 5.95 Å². The topological polar surface area (TPSA) is 113 Å². The number of nitrogens with two attached hydrogens (primary N) is 1. The van der Waals surface area contributed by atoms with E-state index in [1.54, 1.807) is 0 Å². The Bertz CT molecular complexity index is 446. The standard InChI is InChI=1S/C4H4N6O.ClH/c5-4-6-2-1(3(11)7-4)8-10-9-2;/h(H4,5,6,7,8,9,10,11);1H. The van der Waals surface area contributed by atoms with Crippen LogP contribution in [0.15, 0.2) is 4.79 Å². The highest BCUT2D eigenvalue weighted by molar-refractivity contribution is 5.85. The summed E-state index contributed by atoms with van der Waals surface area (Å²) < 4.78 is 0. The number of anilines is 1. The van der Waals surface area contributed by atoms with Crippen LogP contribution in [0, 0.1) is 0 Å². The summed E-state index contributed by atoms with van der Waals surface area (Å²) in [5.74, 6) is 0.0383. The molecule has 0 aliphatic carbocycles. The summed E-state index contributed by atoms with van der Waals surface area (Å²) in [6.45, 7) is 0. The van der Waals surface area contributed by atoms with Gasteiger partial charge in [-0.05, 0) is 0 Å². The second kappa shape index (κ2) is 2.78. The smallest absolute Gasteiger partial charge is 0.282 e. The summed E-state index contributed by atoms with van der Waals surface area (Å²) in [4.78, 5) is 17.0. The SMILES string of the molecule is Cl.Nc1nc2n[nH]nc2c(=O)[nH]1. The molecule has 7 nitrogen and oxygen atoms in total. The second-order valence-electron chi connectivity index (χ2n) is 1.95. The van der Waals surface area contributed by atoms with Crippen molar-refractivity contribution in [3.05, 3.63) is 10.4 Å². The molecule has 0 atom stereocenters. The Kier molecular flexibility index (Phi) is 1.96. The zero-order chi connectivity index (χ0) is 7.84. The Balaban J connectivity index is 0.000000720. The van der Waals surface area contributed by atoms with E-state index in [2.05, 4.69) is 25.4 Å². The van der Waals surface area contributed by atoms with Gasteiger partial charge in [0, 0.05) is 0 Å². The number of hydrogen-bond donors (Lipinski definition) is 3. The molecule has 0 saturated carbocycles. The molecule has 2 heterocycles. The van der Waals surface area contributed by atoms with Crippen molar-refractivity contribution in [3.8, 4) is 0 Å². The summed E-state index contributed by atoms with van der Waals surface area (Å²) in [5, 5.41) is 9.42. The average molecular weight is 189 g/mol. The maximum atomic E-state index is 11.0. The number of halogens is 1. The molecule has 2 aromatic heterocycles. The molecule has 8 heteroatoms. The fourth-order valence-electron chi connectivity index (χ4n) is 0.773. The molecule has 0 aliphatic heterocycles. The Morgan fingerprint density at radius 1 is 1.33 bits per heavy atom. The van der Waals surface area contributed by atoms with Crippen molar-refractivity contribution in [1.82, 2.24) is 25.4 Å². The van der Waals surface area contributed by atoms with E-state index >= 15 is 0 Å². The van der Waals surface area contributed by atoms with Crippen LogP contribution in [0.1, 0.15) is 0 Å². The summed E-state index contributed by atoms with van der Waals surface area (Å²) in [7, 11) is 0. The first-order valence-corrected chi connectivity index (χ1v) is 2.83. The third kappa shape index (κ3) is 1.10. The van der Waals surface area contributed by atoms with E-state index in [0.29, 0.717) is 0 Å². The van der Waals surface area contributed by atoms with Crippen LogP contribution >= 0.6 is 12.4 Å². The van der Waals surface area contributed by atoms with E-state index in [0.717, 1.165) is 0 Å². The quantitative estimate of drug-likeness (QED) is 0.493. The highest BCUT2D eigenvalue weighted by Gasteiger charge is 2.03.